The molecule has 0 aliphatic carbocycles. The Balaban J connectivity index is 1.55. The van der Waals surface area contributed by atoms with Crippen LogP contribution in [-0.2, 0) is 0 Å². The summed E-state index contributed by atoms with van der Waals surface area (Å²) in [4.78, 5) is 19.0. The third-order valence-corrected chi connectivity index (χ3v) is 4.59. The van der Waals surface area contributed by atoms with Crippen LogP contribution in [0.15, 0.2) is 33.6 Å². The molecule has 1 aliphatic rings. The third-order valence-electron chi connectivity index (χ3n) is 4.59. The van der Waals surface area contributed by atoms with Gasteiger partial charge in [-0.1, -0.05) is 0 Å². The molecule has 1 atom stereocenters. The van der Waals surface area contributed by atoms with Gasteiger partial charge in [0.15, 0.2) is 17.5 Å². The first-order valence-corrected chi connectivity index (χ1v) is 9.16. The highest BCUT2D eigenvalue weighted by molar-refractivity contribution is 5.71. The van der Waals surface area contributed by atoms with Crippen molar-refractivity contribution in [3.05, 3.63) is 40.6 Å². The Morgan fingerprint density at radius 3 is 2.63 bits per heavy atom. The lowest BCUT2D eigenvalue weighted by molar-refractivity contribution is 0.373. The Morgan fingerprint density at radius 1 is 1.19 bits per heavy atom. The van der Waals surface area contributed by atoms with Gasteiger partial charge in [-0.25, -0.2) is 4.98 Å². The zero-order chi connectivity index (χ0) is 19.2. The van der Waals surface area contributed by atoms with Crippen LogP contribution >= 0.6 is 0 Å². The van der Waals surface area contributed by atoms with Crippen molar-refractivity contribution in [3.63, 3.8) is 0 Å². The number of aromatic nitrogens is 4. The second kappa shape index (κ2) is 6.45. The van der Waals surface area contributed by atoms with Crippen molar-refractivity contribution >= 4 is 16.9 Å². The lowest BCUT2D eigenvalue weighted by Crippen LogP contribution is -2.45. The molecule has 1 fully saturated rings. The summed E-state index contributed by atoms with van der Waals surface area (Å²) in [5.74, 6) is 1.75. The van der Waals surface area contributed by atoms with E-state index >= 15 is 0 Å². The molecular formula is C19H24N6O2. The lowest BCUT2D eigenvalue weighted by Gasteiger charge is -2.26. The fourth-order valence-corrected chi connectivity index (χ4v) is 3.53. The Bertz CT molecular complexity index is 1020. The summed E-state index contributed by atoms with van der Waals surface area (Å²) in [6.45, 7) is 10.1. The Hall–Kier alpha value is -2.74. The molecule has 0 bridgehead atoms. The average molecular weight is 368 g/mol. The predicted octanol–water partition coefficient (Wildman–Crippen LogP) is 2.04. The molecule has 27 heavy (non-hydrogen) atoms. The van der Waals surface area contributed by atoms with Crippen LogP contribution in [0.2, 0.25) is 0 Å². The van der Waals surface area contributed by atoms with E-state index in [1.165, 1.54) is 4.57 Å². The first-order valence-electron chi connectivity index (χ1n) is 9.16. The highest BCUT2D eigenvalue weighted by Gasteiger charge is 2.26. The molecule has 1 N–H and O–H groups in total. The normalized spacial score (nSPS) is 17.8. The molecule has 1 unspecified atom stereocenters. The standard InChI is InChI=1S/C19H24N6O2/c1-12-20-14-8-10-25(18(26)17(14)27-12)16-6-5-15(22-23-16)24-9-7-13(11-24)21-19(2,3)4/h5-6,8,10,13,21H,7,9,11H2,1-4H3. The number of nitrogens with zero attached hydrogens (tertiary/aromatic N) is 5. The van der Waals surface area contributed by atoms with Gasteiger partial charge in [-0.2, -0.15) is 0 Å². The monoisotopic (exact) mass is 368 g/mol. The molecule has 3 aromatic heterocycles. The van der Waals surface area contributed by atoms with Gasteiger partial charge in [0.1, 0.15) is 5.52 Å². The quantitative estimate of drug-likeness (QED) is 0.757. The number of rotatable bonds is 3. The van der Waals surface area contributed by atoms with Crippen LogP contribution in [0.4, 0.5) is 5.82 Å². The maximum Gasteiger partial charge on any atom is 0.301 e. The molecule has 1 saturated heterocycles. The molecule has 142 valence electrons. The fourth-order valence-electron chi connectivity index (χ4n) is 3.53. The maximum atomic E-state index is 12.6. The molecule has 1 aliphatic heterocycles. The lowest BCUT2D eigenvalue weighted by atomic mass is 10.1. The maximum absolute atomic E-state index is 12.6. The van der Waals surface area contributed by atoms with Gasteiger partial charge in [-0.05, 0) is 45.4 Å². The fraction of sp³-hybridized carbons (Fsp3) is 0.474. The molecule has 0 amide bonds. The van der Waals surface area contributed by atoms with Crippen LogP contribution < -0.4 is 15.8 Å². The smallest absolute Gasteiger partial charge is 0.301 e. The Labute approximate surface area is 157 Å². The van der Waals surface area contributed by atoms with Gasteiger partial charge in [0.2, 0.25) is 5.58 Å². The van der Waals surface area contributed by atoms with E-state index in [1.807, 2.05) is 12.1 Å². The molecule has 0 radical (unpaired) electrons. The molecule has 8 heteroatoms. The number of aryl methyl sites for hydroxylation is 1. The van der Waals surface area contributed by atoms with E-state index < -0.39 is 0 Å². The molecule has 4 rings (SSSR count). The summed E-state index contributed by atoms with van der Waals surface area (Å²) in [6, 6.07) is 5.89. The minimum atomic E-state index is -0.286. The third kappa shape index (κ3) is 3.57. The zero-order valence-corrected chi connectivity index (χ0v) is 16.1. The van der Waals surface area contributed by atoms with Gasteiger partial charge in [0.05, 0.1) is 0 Å². The van der Waals surface area contributed by atoms with Gasteiger partial charge in [0, 0.05) is 37.8 Å². The molecule has 0 aromatic carbocycles. The molecule has 0 spiro atoms. The number of hydrogen-bond donors (Lipinski definition) is 1. The number of fused-ring (bicyclic) bond motifs is 1. The molecule has 4 heterocycles. The summed E-state index contributed by atoms with van der Waals surface area (Å²) >= 11 is 0. The minimum Gasteiger partial charge on any atom is -0.435 e. The average Bonchev–Trinajstić information content (AvgIpc) is 3.20. The molecule has 3 aromatic rings. The van der Waals surface area contributed by atoms with E-state index in [0.717, 1.165) is 25.3 Å². The summed E-state index contributed by atoms with van der Waals surface area (Å²) in [6.07, 6.45) is 2.72. The van der Waals surface area contributed by atoms with Crippen molar-refractivity contribution in [2.45, 2.75) is 45.7 Å². The summed E-state index contributed by atoms with van der Waals surface area (Å²) < 4.78 is 6.84. The summed E-state index contributed by atoms with van der Waals surface area (Å²) in [5, 5.41) is 12.2. The number of hydrogen-bond acceptors (Lipinski definition) is 7. The van der Waals surface area contributed by atoms with Crippen LogP contribution in [0.5, 0.6) is 0 Å². The largest absolute Gasteiger partial charge is 0.435 e. The van der Waals surface area contributed by atoms with E-state index in [4.69, 9.17) is 4.42 Å². The zero-order valence-electron chi connectivity index (χ0n) is 16.1. The second-order valence-corrected chi connectivity index (χ2v) is 8.01. The van der Waals surface area contributed by atoms with Gasteiger partial charge >= 0.3 is 5.56 Å². The van der Waals surface area contributed by atoms with Crippen LogP contribution in [0.1, 0.15) is 33.1 Å². The number of pyridine rings is 1. The first-order chi connectivity index (χ1) is 12.8. The van der Waals surface area contributed by atoms with Crippen molar-refractivity contribution in [3.8, 4) is 5.82 Å². The van der Waals surface area contributed by atoms with E-state index in [-0.39, 0.29) is 16.7 Å². The van der Waals surface area contributed by atoms with E-state index in [9.17, 15) is 4.79 Å². The van der Waals surface area contributed by atoms with E-state index in [2.05, 4.69) is 46.2 Å². The van der Waals surface area contributed by atoms with Crippen LogP contribution in [0.25, 0.3) is 16.9 Å². The van der Waals surface area contributed by atoms with Gasteiger partial charge < -0.3 is 14.6 Å². The first kappa shape index (κ1) is 17.7. The van der Waals surface area contributed by atoms with Crippen LogP contribution in [0, 0.1) is 6.92 Å². The number of oxazole rings is 1. The van der Waals surface area contributed by atoms with Crippen molar-refractivity contribution in [2.75, 3.05) is 18.0 Å². The minimum absolute atomic E-state index is 0.0923. The van der Waals surface area contributed by atoms with Crippen LogP contribution in [-0.4, -0.2) is 44.4 Å². The van der Waals surface area contributed by atoms with Gasteiger partial charge in [-0.15, -0.1) is 10.2 Å². The summed E-state index contributed by atoms with van der Waals surface area (Å²) in [7, 11) is 0. The predicted molar refractivity (Wildman–Crippen MR) is 103 cm³/mol. The van der Waals surface area contributed by atoms with Crippen molar-refractivity contribution in [2.24, 2.45) is 0 Å². The highest BCUT2D eigenvalue weighted by atomic mass is 16.4. The topological polar surface area (TPSA) is 89.1 Å². The summed E-state index contributed by atoms with van der Waals surface area (Å²) in [5.41, 5.74) is 0.588. The molecule has 8 nitrogen and oxygen atoms in total. The van der Waals surface area contributed by atoms with Crippen molar-refractivity contribution in [1.82, 2.24) is 25.1 Å². The van der Waals surface area contributed by atoms with E-state index in [1.54, 1.807) is 19.2 Å². The van der Waals surface area contributed by atoms with Gasteiger partial charge in [-0.3, -0.25) is 9.36 Å². The van der Waals surface area contributed by atoms with E-state index in [0.29, 0.717) is 23.3 Å². The van der Waals surface area contributed by atoms with Crippen LogP contribution in [0.3, 0.4) is 0 Å². The van der Waals surface area contributed by atoms with Crippen molar-refractivity contribution < 1.29 is 4.42 Å². The Morgan fingerprint density at radius 2 is 1.93 bits per heavy atom. The number of nitrogens with one attached hydrogen (secondary N) is 1. The SMILES string of the molecule is Cc1nc2ccn(-c3ccc(N4CCC(NC(C)(C)C)C4)nn3)c(=O)c2o1. The Kier molecular flexibility index (Phi) is 4.22. The molecular weight excluding hydrogens is 344 g/mol. The van der Waals surface area contributed by atoms with Crippen molar-refractivity contribution in [1.29, 1.82) is 0 Å². The highest BCUT2D eigenvalue weighted by Crippen LogP contribution is 2.20. The second-order valence-electron chi connectivity index (χ2n) is 8.01. The van der Waals surface area contributed by atoms with Gasteiger partial charge in [0.25, 0.3) is 0 Å². The number of anilines is 1. The molecule has 0 saturated carbocycles.